The Bertz CT molecular complexity index is 380. The van der Waals surface area contributed by atoms with Gasteiger partial charge in [-0.25, -0.2) is 0 Å². The lowest BCUT2D eigenvalue weighted by Gasteiger charge is -2.38. The molecule has 1 aromatic heterocycles. The molecule has 18 heavy (non-hydrogen) atoms. The third-order valence-electron chi connectivity index (χ3n) is 3.96. The fourth-order valence-electron chi connectivity index (χ4n) is 2.85. The van der Waals surface area contributed by atoms with E-state index in [2.05, 4.69) is 36.6 Å². The summed E-state index contributed by atoms with van der Waals surface area (Å²) in [6.45, 7) is 13.2. The van der Waals surface area contributed by atoms with Crippen molar-refractivity contribution in [3.8, 4) is 0 Å². The van der Waals surface area contributed by atoms with Crippen LogP contribution in [-0.4, -0.2) is 49.1 Å². The summed E-state index contributed by atoms with van der Waals surface area (Å²) in [5.41, 5.74) is 7.48. The van der Waals surface area contributed by atoms with E-state index in [1.54, 1.807) is 0 Å². The summed E-state index contributed by atoms with van der Waals surface area (Å²) >= 11 is 1.89. The lowest BCUT2D eigenvalue weighted by atomic mass is 10.1. The Balaban J connectivity index is 2.08. The highest BCUT2D eigenvalue weighted by atomic mass is 32.1. The van der Waals surface area contributed by atoms with Crippen molar-refractivity contribution in [3.05, 3.63) is 21.4 Å². The molecule has 0 bridgehead atoms. The maximum Gasteiger partial charge on any atom is 0.0482 e. The van der Waals surface area contributed by atoms with Crippen molar-refractivity contribution >= 4 is 11.3 Å². The van der Waals surface area contributed by atoms with Gasteiger partial charge in [-0.2, -0.15) is 0 Å². The second-order valence-electron chi connectivity index (χ2n) is 5.09. The van der Waals surface area contributed by atoms with E-state index in [9.17, 15) is 0 Å². The average molecular weight is 267 g/mol. The Morgan fingerprint density at radius 1 is 1.28 bits per heavy atom. The number of hydrogen-bond donors (Lipinski definition) is 1. The summed E-state index contributed by atoms with van der Waals surface area (Å²) in [5.74, 6) is 0. The van der Waals surface area contributed by atoms with Crippen LogP contribution in [-0.2, 0) is 0 Å². The molecule has 4 heteroatoms. The van der Waals surface area contributed by atoms with Gasteiger partial charge in [0, 0.05) is 48.5 Å². The van der Waals surface area contributed by atoms with Gasteiger partial charge in [-0.3, -0.25) is 4.90 Å². The van der Waals surface area contributed by atoms with E-state index >= 15 is 0 Å². The average Bonchev–Trinajstić information content (AvgIpc) is 2.70. The van der Waals surface area contributed by atoms with E-state index in [1.165, 1.54) is 28.4 Å². The van der Waals surface area contributed by atoms with Gasteiger partial charge < -0.3 is 10.6 Å². The fraction of sp³-hybridized carbons (Fsp3) is 0.714. The summed E-state index contributed by atoms with van der Waals surface area (Å²) in [6, 6.07) is 2.73. The van der Waals surface area contributed by atoms with Crippen LogP contribution < -0.4 is 5.73 Å². The van der Waals surface area contributed by atoms with E-state index in [4.69, 9.17) is 5.73 Å². The van der Waals surface area contributed by atoms with Gasteiger partial charge in [0.1, 0.15) is 0 Å². The smallest absolute Gasteiger partial charge is 0.0482 e. The molecule has 0 aromatic carbocycles. The minimum Gasteiger partial charge on any atom is -0.329 e. The minimum absolute atomic E-state index is 0.411. The lowest BCUT2D eigenvalue weighted by Crippen LogP contribution is -2.48. The van der Waals surface area contributed by atoms with Crippen LogP contribution in [0.25, 0.3) is 0 Å². The predicted molar refractivity (Wildman–Crippen MR) is 79.3 cm³/mol. The van der Waals surface area contributed by atoms with Crippen LogP contribution in [0.4, 0.5) is 0 Å². The normalized spacial score (nSPS) is 20.2. The van der Waals surface area contributed by atoms with E-state index < -0.39 is 0 Å². The molecule has 2 N–H and O–H groups in total. The molecule has 0 radical (unpaired) electrons. The molecule has 3 nitrogen and oxygen atoms in total. The number of hydrogen-bond acceptors (Lipinski definition) is 4. The second-order valence-corrected chi connectivity index (χ2v) is 6.55. The Kier molecular flexibility index (Phi) is 4.78. The molecule has 1 aromatic rings. The minimum atomic E-state index is 0.411. The van der Waals surface area contributed by atoms with Crippen LogP contribution >= 0.6 is 11.3 Å². The van der Waals surface area contributed by atoms with Crippen LogP contribution in [0.15, 0.2) is 6.07 Å². The first-order valence-corrected chi connectivity index (χ1v) is 7.70. The summed E-state index contributed by atoms with van der Waals surface area (Å²) < 4.78 is 0. The molecule has 0 amide bonds. The number of nitrogens with zero attached hydrogens (tertiary/aromatic N) is 2. The first-order chi connectivity index (χ1) is 8.65. The van der Waals surface area contributed by atoms with Crippen molar-refractivity contribution in [1.29, 1.82) is 0 Å². The zero-order valence-electron chi connectivity index (χ0n) is 11.8. The zero-order chi connectivity index (χ0) is 13.1. The Morgan fingerprint density at radius 3 is 2.39 bits per heavy atom. The molecular weight excluding hydrogens is 242 g/mol. The van der Waals surface area contributed by atoms with Crippen molar-refractivity contribution in [2.75, 3.05) is 39.3 Å². The molecule has 1 aliphatic heterocycles. The van der Waals surface area contributed by atoms with Crippen molar-refractivity contribution < 1.29 is 0 Å². The fourth-order valence-corrected chi connectivity index (χ4v) is 3.83. The van der Waals surface area contributed by atoms with Crippen LogP contribution in [0.1, 0.15) is 28.3 Å². The number of likely N-dealkylation sites (N-methyl/N-ethyl adjacent to an activating group) is 1. The molecule has 2 rings (SSSR count). The number of thiophene rings is 1. The van der Waals surface area contributed by atoms with Crippen LogP contribution in [0.5, 0.6) is 0 Å². The highest BCUT2D eigenvalue weighted by Crippen LogP contribution is 2.30. The molecule has 1 saturated heterocycles. The third kappa shape index (κ3) is 2.94. The van der Waals surface area contributed by atoms with Gasteiger partial charge in [-0.05, 0) is 32.0 Å². The summed E-state index contributed by atoms with van der Waals surface area (Å²) in [4.78, 5) is 7.89. The molecule has 2 heterocycles. The molecule has 1 aliphatic rings. The molecule has 0 saturated carbocycles. The maximum atomic E-state index is 6.03. The third-order valence-corrected chi connectivity index (χ3v) is 4.94. The van der Waals surface area contributed by atoms with E-state index in [0.29, 0.717) is 6.04 Å². The molecular formula is C14H25N3S. The van der Waals surface area contributed by atoms with Gasteiger partial charge in [0.15, 0.2) is 0 Å². The van der Waals surface area contributed by atoms with Crippen LogP contribution in [0.2, 0.25) is 0 Å². The highest BCUT2D eigenvalue weighted by Gasteiger charge is 2.25. The summed E-state index contributed by atoms with van der Waals surface area (Å²) in [6.07, 6.45) is 0. The SMILES string of the molecule is CCN1CCN(C(CN)c2cc(C)sc2C)CC1. The van der Waals surface area contributed by atoms with Crippen molar-refractivity contribution in [3.63, 3.8) is 0 Å². The van der Waals surface area contributed by atoms with Gasteiger partial charge in [0.25, 0.3) is 0 Å². The van der Waals surface area contributed by atoms with Crippen molar-refractivity contribution in [1.82, 2.24) is 9.80 Å². The molecule has 1 fully saturated rings. The van der Waals surface area contributed by atoms with Gasteiger partial charge in [-0.1, -0.05) is 6.92 Å². The van der Waals surface area contributed by atoms with E-state index in [1.807, 2.05) is 11.3 Å². The quantitative estimate of drug-likeness (QED) is 0.905. The molecule has 0 aliphatic carbocycles. The van der Waals surface area contributed by atoms with Crippen molar-refractivity contribution in [2.24, 2.45) is 5.73 Å². The first-order valence-electron chi connectivity index (χ1n) is 6.89. The highest BCUT2D eigenvalue weighted by molar-refractivity contribution is 7.12. The Labute approximate surface area is 115 Å². The Hall–Kier alpha value is -0.420. The monoisotopic (exact) mass is 267 g/mol. The largest absolute Gasteiger partial charge is 0.329 e. The van der Waals surface area contributed by atoms with Crippen LogP contribution in [0, 0.1) is 13.8 Å². The first kappa shape index (κ1) is 14.0. The van der Waals surface area contributed by atoms with Gasteiger partial charge in [0.05, 0.1) is 0 Å². The van der Waals surface area contributed by atoms with Gasteiger partial charge in [0.2, 0.25) is 0 Å². The van der Waals surface area contributed by atoms with Crippen LogP contribution in [0.3, 0.4) is 0 Å². The number of nitrogens with two attached hydrogens (primary N) is 1. The Morgan fingerprint density at radius 2 is 1.94 bits per heavy atom. The molecule has 0 spiro atoms. The number of rotatable bonds is 4. The summed E-state index contributed by atoms with van der Waals surface area (Å²) in [7, 11) is 0. The second kappa shape index (κ2) is 6.15. The zero-order valence-corrected chi connectivity index (χ0v) is 12.6. The van der Waals surface area contributed by atoms with Gasteiger partial charge >= 0.3 is 0 Å². The van der Waals surface area contributed by atoms with Gasteiger partial charge in [-0.15, -0.1) is 11.3 Å². The summed E-state index contributed by atoms with van der Waals surface area (Å²) in [5, 5.41) is 0. The maximum absolute atomic E-state index is 6.03. The van der Waals surface area contributed by atoms with E-state index in [-0.39, 0.29) is 0 Å². The number of aryl methyl sites for hydroxylation is 2. The van der Waals surface area contributed by atoms with E-state index in [0.717, 1.165) is 26.2 Å². The molecule has 1 atom stereocenters. The lowest BCUT2D eigenvalue weighted by molar-refractivity contribution is 0.102. The van der Waals surface area contributed by atoms with Crippen molar-refractivity contribution in [2.45, 2.75) is 26.8 Å². The molecule has 102 valence electrons. The predicted octanol–water partition coefficient (Wildman–Crippen LogP) is 2.00. The number of piperazine rings is 1. The standard InChI is InChI=1S/C14H25N3S/c1-4-16-5-7-17(8-6-16)14(10-15)13-9-11(2)18-12(13)3/h9,14H,4-8,10,15H2,1-3H3. The molecule has 1 unspecified atom stereocenters. The topological polar surface area (TPSA) is 32.5 Å².